The summed E-state index contributed by atoms with van der Waals surface area (Å²) in [5, 5.41) is 40.2. The molecule has 60 heavy (non-hydrogen) atoms. The molecule has 1 heterocycles. The normalized spacial score (nSPS) is 20.1. The van der Waals surface area contributed by atoms with Crippen LogP contribution in [-0.4, -0.2) is 89.6 Å². The van der Waals surface area contributed by atoms with Crippen LogP contribution in [-0.2, 0) is 23.7 Å². The molecule has 0 aliphatic carbocycles. The van der Waals surface area contributed by atoms with Gasteiger partial charge < -0.3 is 39.4 Å². The van der Waals surface area contributed by atoms with E-state index in [4.69, 9.17) is 18.9 Å². The van der Waals surface area contributed by atoms with Crippen LogP contribution >= 0.6 is 0 Å². The summed E-state index contributed by atoms with van der Waals surface area (Å²) in [6, 6.07) is 0. The topological polar surface area (TPSA) is 135 Å². The maximum atomic E-state index is 12.8. The quantitative estimate of drug-likeness (QED) is 0.0268. The molecule has 0 spiro atoms. The highest BCUT2D eigenvalue weighted by Crippen LogP contribution is 2.23. The van der Waals surface area contributed by atoms with E-state index in [1.807, 2.05) is 0 Å². The minimum absolute atomic E-state index is 0.112. The molecular formula is C51H96O9. The zero-order valence-electron chi connectivity index (χ0n) is 39.0. The number of aliphatic hydroxyl groups excluding tert-OH is 4. The first-order valence-electron chi connectivity index (χ1n) is 25.4. The average molecular weight is 853 g/mol. The van der Waals surface area contributed by atoms with Gasteiger partial charge in [-0.05, 0) is 44.9 Å². The summed E-state index contributed by atoms with van der Waals surface area (Å²) in [6.07, 6.45) is 43.5. The molecule has 6 unspecified atom stereocenters. The number of hydrogen-bond donors (Lipinski definition) is 4. The highest BCUT2D eigenvalue weighted by molar-refractivity contribution is 5.69. The van der Waals surface area contributed by atoms with Gasteiger partial charge in [-0.1, -0.05) is 205 Å². The number of carbonyl (C=O) groups is 1. The van der Waals surface area contributed by atoms with Crippen molar-refractivity contribution in [2.45, 2.75) is 269 Å². The van der Waals surface area contributed by atoms with Crippen molar-refractivity contribution in [2.75, 3.05) is 26.4 Å². The van der Waals surface area contributed by atoms with E-state index in [1.54, 1.807) is 0 Å². The Bertz CT molecular complexity index is 972. The van der Waals surface area contributed by atoms with Crippen LogP contribution in [0.15, 0.2) is 24.3 Å². The van der Waals surface area contributed by atoms with Gasteiger partial charge in [0.25, 0.3) is 0 Å². The van der Waals surface area contributed by atoms with Crippen LogP contribution < -0.4 is 0 Å². The summed E-state index contributed by atoms with van der Waals surface area (Å²) < 4.78 is 22.9. The molecule has 0 bridgehead atoms. The fourth-order valence-electron chi connectivity index (χ4n) is 7.88. The van der Waals surface area contributed by atoms with Gasteiger partial charge >= 0.3 is 5.97 Å². The number of aliphatic hydroxyl groups is 4. The van der Waals surface area contributed by atoms with Crippen molar-refractivity contribution >= 4 is 5.97 Å². The molecule has 1 rings (SSSR count). The summed E-state index contributed by atoms with van der Waals surface area (Å²) in [4.78, 5) is 12.8. The highest BCUT2D eigenvalue weighted by Gasteiger charge is 2.44. The van der Waals surface area contributed by atoms with E-state index in [2.05, 4.69) is 38.2 Å². The van der Waals surface area contributed by atoms with E-state index in [0.29, 0.717) is 13.0 Å². The Morgan fingerprint density at radius 1 is 0.533 bits per heavy atom. The number of carbonyl (C=O) groups excluding carboxylic acids is 1. The van der Waals surface area contributed by atoms with Crippen molar-refractivity contribution in [3.8, 4) is 0 Å². The molecule has 1 aliphatic rings. The highest BCUT2D eigenvalue weighted by atomic mass is 16.7. The van der Waals surface area contributed by atoms with E-state index < -0.39 is 43.4 Å². The molecule has 1 saturated heterocycles. The standard InChI is InChI=1S/C51H96O9/c1-3-5-7-9-11-13-15-17-19-21-23-25-27-29-31-33-35-37-39-41-57-43-45(44-58-51-50(56)49(55)48(54)46(42-52)60-51)59-47(53)40-38-36-34-32-30-28-26-24-22-20-18-16-14-12-10-8-6-4-2/h14,16,20,22,45-46,48-52,54-56H,3-13,15,17-19,21,23-44H2,1-2H3/b16-14-,22-20-. The summed E-state index contributed by atoms with van der Waals surface area (Å²) in [6.45, 7) is 4.58. The van der Waals surface area contributed by atoms with Gasteiger partial charge in [0.1, 0.15) is 30.5 Å². The molecule has 0 radical (unpaired) electrons. The smallest absolute Gasteiger partial charge is 0.306 e. The molecule has 9 nitrogen and oxygen atoms in total. The van der Waals surface area contributed by atoms with Crippen LogP contribution in [0.2, 0.25) is 0 Å². The minimum atomic E-state index is -1.54. The second-order valence-corrected chi connectivity index (χ2v) is 17.6. The van der Waals surface area contributed by atoms with Crippen LogP contribution in [0.25, 0.3) is 0 Å². The van der Waals surface area contributed by atoms with E-state index in [1.165, 1.54) is 167 Å². The SMILES string of the molecule is CCCCCC/C=C\C/C=C\CCCCCCCCCC(=O)OC(COCCCCCCCCCCCCCCCCCCCCC)COC1OC(CO)C(O)C(O)C1O. The molecular weight excluding hydrogens is 757 g/mol. The summed E-state index contributed by atoms with van der Waals surface area (Å²) >= 11 is 0. The van der Waals surface area contributed by atoms with Crippen molar-refractivity contribution in [3.63, 3.8) is 0 Å². The number of esters is 1. The van der Waals surface area contributed by atoms with Gasteiger partial charge in [-0.2, -0.15) is 0 Å². The van der Waals surface area contributed by atoms with Gasteiger partial charge in [-0.15, -0.1) is 0 Å². The average Bonchev–Trinajstić information content (AvgIpc) is 3.25. The summed E-state index contributed by atoms with van der Waals surface area (Å²) in [5.41, 5.74) is 0. The molecule has 6 atom stereocenters. The third-order valence-electron chi connectivity index (χ3n) is 11.9. The number of rotatable bonds is 44. The minimum Gasteiger partial charge on any atom is -0.457 e. The maximum Gasteiger partial charge on any atom is 0.306 e. The molecule has 0 saturated carbocycles. The molecule has 9 heteroatoms. The van der Waals surface area contributed by atoms with Crippen molar-refractivity contribution < 1.29 is 44.2 Å². The van der Waals surface area contributed by atoms with E-state index in [9.17, 15) is 25.2 Å². The summed E-state index contributed by atoms with van der Waals surface area (Å²) in [7, 11) is 0. The Morgan fingerprint density at radius 3 is 1.45 bits per heavy atom. The van der Waals surface area contributed by atoms with Crippen LogP contribution in [0, 0.1) is 0 Å². The Morgan fingerprint density at radius 2 is 0.967 bits per heavy atom. The predicted molar refractivity (Wildman–Crippen MR) is 247 cm³/mol. The number of unbranched alkanes of at least 4 members (excludes halogenated alkanes) is 29. The van der Waals surface area contributed by atoms with Crippen molar-refractivity contribution in [1.82, 2.24) is 0 Å². The fourth-order valence-corrected chi connectivity index (χ4v) is 7.88. The first kappa shape index (κ1) is 56.7. The van der Waals surface area contributed by atoms with E-state index in [0.717, 1.165) is 44.9 Å². The number of hydrogen-bond acceptors (Lipinski definition) is 9. The van der Waals surface area contributed by atoms with Crippen LogP contribution in [0.3, 0.4) is 0 Å². The van der Waals surface area contributed by atoms with Gasteiger partial charge in [-0.3, -0.25) is 4.79 Å². The Balaban J connectivity index is 2.21. The van der Waals surface area contributed by atoms with E-state index >= 15 is 0 Å². The van der Waals surface area contributed by atoms with Crippen LogP contribution in [0.1, 0.15) is 232 Å². The predicted octanol–water partition coefficient (Wildman–Crippen LogP) is 12.1. The maximum absolute atomic E-state index is 12.8. The van der Waals surface area contributed by atoms with Crippen LogP contribution in [0.5, 0.6) is 0 Å². The number of allylic oxidation sites excluding steroid dienone is 4. The largest absolute Gasteiger partial charge is 0.457 e. The molecule has 0 aromatic heterocycles. The molecule has 1 fully saturated rings. The first-order chi connectivity index (χ1) is 29.4. The molecule has 0 aromatic carbocycles. The van der Waals surface area contributed by atoms with Crippen molar-refractivity contribution in [1.29, 1.82) is 0 Å². The molecule has 0 amide bonds. The lowest BCUT2D eigenvalue weighted by Crippen LogP contribution is -2.59. The monoisotopic (exact) mass is 853 g/mol. The molecule has 4 N–H and O–H groups in total. The van der Waals surface area contributed by atoms with Gasteiger partial charge in [0.2, 0.25) is 0 Å². The van der Waals surface area contributed by atoms with Gasteiger partial charge in [0.15, 0.2) is 6.29 Å². The molecule has 1 aliphatic heterocycles. The lowest BCUT2D eigenvalue weighted by Gasteiger charge is -2.39. The van der Waals surface area contributed by atoms with Gasteiger partial charge in [0.05, 0.1) is 19.8 Å². The van der Waals surface area contributed by atoms with E-state index in [-0.39, 0.29) is 19.2 Å². The van der Waals surface area contributed by atoms with Crippen molar-refractivity contribution in [3.05, 3.63) is 24.3 Å². The second-order valence-electron chi connectivity index (χ2n) is 17.6. The fraction of sp³-hybridized carbons (Fsp3) is 0.902. The third-order valence-corrected chi connectivity index (χ3v) is 11.9. The van der Waals surface area contributed by atoms with Gasteiger partial charge in [-0.25, -0.2) is 0 Å². The molecule has 354 valence electrons. The Labute approximate surface area is 368 Å². The second kappa shape index (κ2) is 42.9. The third kappa shape index (κ3) is 33.3. The lowest BCUT2D eigenvalue weighted by molar-refractivity contribution is -0.305. The first-order valence-corrected chi connectivity index (χ1v) is 25.4. The summed E-state index contributed by atoms with van der Waals surface area (Å²) in [5.74, 6) is -0.317. The molecule has 0 aromatic rings. The van der Waals surface area contributed by atoms with Crippen LogP contribution in [0.4, 0.5) is 0 Å². The Kier molecular flexibility index (Phi) is 40.6. The zero-order chi connectivity index (χ0) is 43.6. The Hall–Kier alpha value is -1.33. The van der Waals surface area contributed by atoms with Gasteiger partial charge in [0, 0.05) is 13.0 Å². The number of ether oxygens (including phenoxy) is 4. The van der Waals surface area contributed by atoms with Crippen molar-refractivity contribution in [2.24, 2.45) is 0 Å². The lowest BCUT2D eigenvalue weighted by atomic mass is 9.99. The zero-order valence-corrected chi connectivity index (χ0v) is 39.0.